The van der Waals surface area contributed by atoms with Crippen LogP contribution >= 0.6 is 22.9 Å². The van der Waals surface area contributed by atoms with Crippen molar-refractivity contribution >= 4 is 39.6 Å². The third-order valence-corrected chi connectivity index (χ3v) is 5.90. The van der Waals surface area contributed by atoms with E-state index < -0.39 is 0 Å². The Balaban J connectivity index is 1.44. The van der Waals surface area contributed by atoms with E-state index in [9.17, 15) is 4.79 Å². The predicted octanol–water partition coefficient (Wildman–Crippen LogP) is 4.51. The van der Waals surface area contributed by atoms with Crippen molar-refractivity contribution in [2.75, 3.05) is 26.2 Å². The zero-order chi connectivity index (χ0) is 17.2. The molecule has 5 heteroatoms. The molecule has 1 aliphatic heterocycles. The molecular weight excluding hydrogens is 352 g/mol. The Morgan fingerprint density at radius 3 is 2.48 bits per heavy atom. The fourth-order valence-corrected chi connectivity index (χ4v) is 4.48. The van der Waals surface area contributed by atoms with Gasteiger partial charge in [0.2, 0.25) is 0 Å². The van der Waals surface area contributed by atoms with E-state index in [1.165, 1.54) is 4.88 Å². The maximum absolute atomic E-state index is 13.0. The number of piperazine rings is 1. The molecule has 1 fully saturated rings. The molecule has 0 unspecified atom stereocenters. The first kappa shape index (κ1) is 16.6. The normalized spacial score (nSPS) is 15.6. The molecule has 0 bridgehead atoms. The van der Waals surface area contributed by atoms with E-state index in [0.717, 1.165) is 53.4 Å². The Morgan fingerprint density at radius 1 is 0.960 bits per heavy atom. The number of benzene rings is 2. The van der Waals surface area contributed by atoms with Gasteiger partial charge in [0.1, 0.15) is 0 Å². The largest absolute Gasteiger partial charge is 0.336 e. The zero-order valence-corrected chi connectivity index (χ0v) is 15.4. The van der Waals surface area contributed by atoms with Gasteiger partial charge in [0.05, 0.1) is 4.34 Å². The quantitative estimate of drug-likeness (QED) is 0.677. The van der Waals surface area contributed by atoms with Crippen molar-refractivity contribution in [2.24, 2.45) is 0 Å². The van der Waals surface area contributed by atoms with Crippen LogP contribution in [0.15, 0.2) is 54.6 Å². The third kappa shape index (κ3) is 3.56. The molecule has 0 spiro atoms. The first-order valence-electron chi connectivity index (χ1n) is 8.44. The highest BCUT2D eigenvalue weighted by Crippen LogP contribution is 2.24. The van der Waals surface area contributed by atoms with E-state index in [-0.39, 0.29) is 5.91 Å². The third-order valence-electron chi connectivity index (χ3n) is 4.69. The minimum Gasteiger partial charge on any atom is -0.336 e. The molecule has 0 aliphatic carbocycles. The van der Waals surface area contributed by atoms with Crippen LogP contribution in [0.5, 0.6) is 0 Å². The first-order chi connectivity index (χ1) is 12.2. The zero-order valence-electron chi connectivity index (χ0n) is 13.8. The van der Waals surface area contributed by atoms with Crippen molar-refractivity contribution in [3.8, 4) is 0 Å². The number of carbonyl (C=O) groups is 1. The summed E-state index contributed by atoms with van der Waals surface area (Å²) in [5.74, 6) is 0.135. The molecule has 1 amide bonds. The van der Waals surface area contributed by atoms with Gasteiger partial charge >= 0.3 is 0 Å². The molecule has 3 aromatic rings. The molecule has 4 rings (SSSR count). The first-order valence-corrected chi connectivity index (χ1v) is 9.64. The molecule has 2 aromatic carbocycles. The maximum atomic E-state index is 13.0. The van der Waals surface area contributed by atoms with Crippen molar-refractivity contribution in [3.63, 3.8) is 0 Å². The van der Waals surface area contributed by atoms with E-state index in [1.54, 1.807) is 11.3 Å². The Bertz CT molecular complexity index is 894. The summed E-state index contributed by atoms with van der Waals surface area (Å²) in [6, 6.07) is 18.1. The van der Waals surface area contributed by atoms with Gasteiger partial charge in [-0.1, -0.05) is 48.0 Å². The maximum Gasteiger partial charge on any atom is 0.254 e. The van der Waals surface area contributed by atoms with Crippen molar-refractivity contribution < 1.29 is 4.79 Å². The Hall–Kier alpha value is -1.88. The van der Waals surface area contributed by atoms with Crippen molar-refractivity contribution in [2.45, 2.75) is 6.54 Å². The molecule has 128 valence electrons. The lowest BCUT2D eigenvalue weighted by Gasteiger charge is -2.34. The van der Waals surface area contributed by atoms with Gasteiger partial charge in [-0.2, -0.15) is 0 Å². The number of thiophene rings is 1. The highest BCUT2D eigenvalue weighted by molar-refractivity contribution is 7.16. The summed E-state index contributed by atoms with van der Waals surface area (Å²) in [5, 5.41) is 2.15. The smallest absolute Gasteiger partial charge is 0.254 e. The molecule has 0 radical (unpaired) electrons. The molecule has 0 saturated carbocycles. The molecular formula is C20H19ClN2OS. The topological polar surface area (TPSA) is 23.6 Å². The average molecular weight is 371 g/mol. The number of rotatable bonds is 3. The van der Waals surface area contributed by atoms with E-state index in [0.29, 0.717) is 0 Å². The monoisotopic (exact) mass is 370 g/mol. The number of fused-ring (bicyclic) bond motifs is 1. The van der Waals surface area contributed by atoms with Crippen LogP contribution in [0, 0.1) is 0 Å². The summed E-state index contributed by atoms with van der Waals surface area (Å²) in [4.78, 5) is 18.6. The SMILES string of the molecule is O=C(c1cccc2ccccc12)N1CCN(Cc2ccc(Cl)s2)CC1. The lowest BCUT2D eigenvalue weighted by molar-refractivity contribution is 0.0631. The van der Waals surface area contributed by atoms with Crippen LogP contribution in [-0.4, -0.2) is 41.9 Å². The number of hydrogen-bond donors (Lipinski definition) is 0. The lowest BCUT2D eigenvalue weighted by atomic mass is 10.0. The van der Waals surface area contributed by atoms with E-state index >= 15 is 0 Å². The highest BCUT2D eigenvalue weighted by atomic mass is 35.5. The summed E-state index contributed by atoms with van der Waals surface area (Å²) in [5.41, 5.74) is 0.802. The second kappa shape index (κ2) is 7.16. The number of amides is 1. The number of nitrogens with zero attached hydrogens (tertiary/aromatic N) is 2. The Morgan fingerprint density at radius 2 is 1.72 bits per heavy atom. The lowest BCUT2D eigenvalue weighted by Crippen LogP contribution is -2.48. The average Bonchev–Trinajstić information content (AvgIpc) is 3.06. The summed E-state index contributed by atoms with van der Waals surface area (Å²) in [6.07, 6.45) is 0. The molecule has 3 nitrogen and oxygen atoms in total. The fourth-order valence-electron chi connectivity index (χ4n) is 3.35. The molecule has 25 heavy (non-hydrogen) atoms. The minimum atomic E-state index is 0.135. The molecule has 1 saturated heterocycles. The van der Waals surface area contributed by atoms with Crippen LogP contribution in [0.25, 0.3) is 10.8 Å². The molecule has 1 aliphatic rings. The second-order valence-electron chi connectivity index (χ2n) is 6.30. The van der Waals surface area contributed by atoms with Crippen LogP contribution in [0.3, 0.4) is 0 Å². The van der Waals surface area contributed by atoms with Crippen LogP contribution in [0.4, 0.5) is 0 Å². The summed E-state index contributed by atoms with van der Waals surface area (Å²) in [6.45, 7) is 4.23. The predicted molar refractivity (Wildman–Crippen MR) is 104 cm³/mol. The fraction of sp³-hybridized carbons (Fsp3) is 0.250. The van der Waals surface area contributed by atoms with Gasteiger partial charge in [0.15, 0.2) is 0 Å². The van der Waals surface area contributed by atoms with E-state index in [4.69, 9.17) is 11.6 Å². The van der Waals surface area contributed by atoms with Crippen molar-refractivity contribution in [3.05, 3.63) is 69.4 Å². The molecule has 1 aromatic heterocycles. The van der Waals surface area contributed by atoms with Gasteiger partial charge in [0, 0.05) is 43.2 Å². The van der Waals surface area contributed by atoms with Crippen LogP contribution < -0.4 is 0 Å². The van der Waals surface area contributed by atoms with Crippen LogP contribution in [0.2, 0.25) is 4.34 Å². The molecule has 0 atom stereocenters. The number of carbonyl (C=O) groups excluding carboxylic acids is 1. The summed E-state index contributed by atoms with van der Waals surface area (Å²) in [7, 11) is 0. The van der Waals surface area contributed by atoms with Crippen molar-refractivity contribution in [1.82, 2.24) is 9.80 Å². The van der Waals surface area contributed by atoms with E-state index in [1.807, 2.05) is 41.3 Å². The van der Waals surface area contributed by atoms with Gasteiger partial charge in [0.25, 0.3) is 5.91 Å². The minimum absolute atomic E-state index is 0.135. The standard InChI is InChI=1S/C20H19ClN2OS/c21-19-9-8-16(25-19)14-22-10-12-23(13-11-22)20(24)18-7-3-5-15-4-1-2-6-17(15)18/h1-9H,10-14H2. The summed E-state index contributed by atoms with van der Waals surface area (Å²) < 4.78 is 0.833. The van der Waals surface area contributed by atoms with Crippen molar-refractivity contribution in [1.29, 1.82) is 0 Å². The van der Waals surface area contributed by atoms with Crippen LogP contribution in [0.1, 0.15) is 15.2 Å². The van der Waals surface area contributed by atoms with E-state index in [2.05, 4.69) is 23.1 Å². The van der Waals surface area contributed by atoms with Gasteiger partial charge in [-0.15, -0.1) is 11.3 Å². The van der Waals surface area contributed by atoms with Crippen LogP contribution in [-0.2, 0) is 6.54 Å². The molecule has 0 N–H and O–H groups in total. The Labute approximate surface area is 156 Å². The molecule has 2 heterocycles. The van der Waals surface area contributed by atoms with Gasteiger partial charge in [-0.3, -0.25) is 9.69 Å². The second-order valence-corrected chi connectivity index (χ2v) is 8.10. The van der Waals surface area contributed by atoms with Gasteiger partial charge in [-0.25, -0.2) is 0 Å². The number of hydrogen-bond acceptors (Lipinski definition) is 3. The van der Waals surface area contributed by atoms with Gasteiger partial charge in [-0.05, 0) is 29.0 Å². The number of halogens is 1. The summed E-state index contributed by atoms with van der Waals surface area (Å²) >= 11 is 7.64. The Kier molecular flexibility index (Phi) is 4.75. The van der Waals surface area contributed by atoms with Gasteiger partial charge < -0.3 is 4.90 Å². The highest BCUT2D eigenvalue weighted by Gasteiger charge is 2.23.